The van der Waals surface area contributed by atoms with E-state index in [1.54, 1.807) is 24.3 Å². The van der Waals surface area contributed by atoms with Crippen molar-refractivity contribution in [2.75, 3.05) is 10.6 Å². The SMILES string of the molecule is C/C(=N/NC(=O)[C@H](C)N(c1ccc(Oc2ccccc2)cc1)S(C)(=O)=O)C(C)(C)C. The predicted octanol–water partition coefficient (Wildman–Crippen LogP) is 4.17. The highest BCUT2D eigenvalue weighted by atomic mass is 32.2. The van der Waals surface area contributed by atoms with E-state index in [0.29, 0.717) is 17.2 Å². The quantitative estimate of drug-likeness (QED) is 0.526. The Labute approximate surface area is 178 Å². The molecule has 2 aromatic carbocycles. The second-order valence-corrected chi connectivity index (χ2v) is 9.93. The van der Waals surface area contributed by atoms with E-state index in [4.69, 9.17) is 4.74 Å². The highest BCUT2D eigenvalue weighted by Gasteiger charge is 2.29. The summed E-state index contributed by atoms with van der Waals surface area (Å²) in [5.41, 5.74) is 3.36. The molecule has 0 bridgehead atoms. The molecule has 0 unspecified atom stereocenters. The van der Waals surface area contributed by atoms with Crippen molar-refractivity contribution in [2.24, 2.45) is 10.5 Å². The molecule has 0 saturated carbocycles. The van der Waals surface area contributed by atoms with E-state index in [0.717, 1.165) is 16.3 Å². The largest absolute Gasteiger partial charge is 0.457 e. The van der Waals surface area contributed by atoms with Crippen molar-refractivity contribution in [1.82, 2.24) is 5.43 Å². The van der Waals surface area contributed by atoms with Crippen LogP contribution in [0.4, 0.5) is 5.69 Å². The van der Waals surface area contributed by atoms with Crippen LogP contribution in [0.1, 0.15) is 34.6 Å². The van der Waals surface area contributed by atoms with Gasteiger partial charge in [0.15, 0.2) is 0 Å². The van der Waals surface area contributed by atoms with Gasteiger partial charge >= 0.3 is 0 Å². The van der Waals surface area contributed by atoms with Crippen LogP contribution in [0.25, 0.3) is 0 Å². The number of amides is 1. The van der Waals surface area contributed by atoms with Gasteiger partial charge in [-0.05, 0) is 50.2 Å². The van der Waals surface area contributed by atoms with Crippen LogP contribution < -0.4 is 14.5 Å². The molecule has 0 aliphatic carbocycles. The van der Waals surface area contributed by atoms with Crippen molar-refractivity contribution < 1.29 is 17.9 Å². The van der Waals surface area contributed by atoms with Crippen LogP contribution in [0.2, 0.25) is 0 Å². The average molecular weight is 432 g/mol. The van der Waals surface area contributed by atoms with Crippen molar-refractivity contribution in [1.29, 1.82) is 0 Å². The third kappa shape index (κ3) is 6.32. The highest BCUT2D eigenvalue weighted by Crippen LogP contribution is 2.27. The third-order valence-electron chi connectivity index (χ3n) is 4.58. The van der Waals surface area contributed by atoms with Gasteiger partial charge in [-0.15, -0.1) is 0 Å². The summed E-state index contributed by atoms with van der Waals surface area (Å²) < 4.78 is 31.7. The lowest BCUT2D eigenvalue weighted by atomic mass is 9.91. The first-order valence-corrected chi connectivity index (χ1v) is 11.4. The van der Waals surface area contributed by atoms with Crippen molar-refractivity contribution in [2.45, 2.75) is 40.7 Å². The number of sulfonamides is 1. The van der Waals surface area contributed by atoms with E-state index >= 15 is 0 Å². The molecule has 1 amide bonds. The number of hydrogen-bond donors (Lipinski definition) is 1. The fourth-order valence-electron chi connectivity index (χ4n) is 2.49. The molecule has 162 valence electrons. The molecule has 1 atom stereocenters. The van der Waals surface area contributed by atoms with Crippen LogP contribution in [-0.4, -0.2) is 32.3 Å². The fourth-order valence-corrected chi connectivity index (χ4v) is 3.67. The molecule has 0 saturated heterocycles. The number of anilines is 1. The summed E-state index contributed by atoms with van der Waals surface area (Å²) in [6.07, 6.45) is 1.06. The maximum absolute atomic E-state index is 12.6. The zero-order chi connectivity index (χ0) is 22.5. The van der Waals surface area contributed by atoms with Crippen LogP contribution >= 0.6 is 0 Å². The number of carbonyl (C=O) groups excluding carboxylic acids is 1. The highest BCUT2D eigenvalue weighted by molar-refractivity contribution is 7.92. The standard InChI is InChI=1S/C22H29N3O4S/c1-16(21(26)24-23-17(2)22(3,4)5)25(30(6,27)28)18-12-14-20(15-13-18)29-19-10-8-7-9-11-19/h7-16H,1-6H3,(H,24,26)/b23-17-/t16-/m0/s1. The van der Waals surface area contributed by atoms with Gasteiger partial charge in [0.2, 0.25) is 10.0 Å². The molecule has 0 spiro atoms. The van der Waals surface area contributed by atoms with E-state index in [2.05, 4.69) is 10.5 Å². The number of nitrogens with one attached hydrogen (secondary N) is 1. The maximum atomic E-state index is 12.6. The van der Waals surface area contributed by atoms with Crippen LogP contribution in [-0.2, 0) is 14.8 Å². The van der Waals surface area contributed by atoms with Gasteiger partial charge in [-0.2, -0.15) is 5.10 Å². The minimum Gasteiger partial charge on any atom is -0.457 e. The Balaban J connectivity index is 2.22. The monoisotopic (exact) mass is 431 g/mol. The number of carbonyl (C=O) groups is 1. The van der Waals surface area contributed by atoms with Gasteiger partial charge in [-0.1, -0.05) is 39.0 Å². The smallest absolute Gasteiger partial charge is 0.263 e. The number of benzene rings is 2. The molecule has 0 aromatic heterocycles. The Kier molecular flexibility index (Phi) is 7.25. The van der Waals surface area contributed by atoms with Gasteiger partial charge in [0.1, 0.15) is 17.5 Å². The molecule has 30 heavy (non-hydrogen) atoms. The second kappa shape index (κ2) is 9.30. The summed E-state index contributed by atoms with van der Waals surface area (Å²) in [6, 6.07) is 14.8. The summed E-state index contributed by atoms with van der Waals surface area (Å²) in [6.45, 7) is 9.26. The fraction of sp³-hybridized carbons (Fsp3) is 0.364. The van der Waals surface area contributed by atoms with Crippen molar-refractivity contribution >= 4 is 27.3 Å². The molecule has 0 fully saturated rings. The van der Waals surface area contributed by atoms with Crippen LogP contribution in [0.5, 0.6) is 11.5 Å². The van der Waals surface area contributed by atoms with Gasteiger partial charge in [-0.25, -0.2) is 13.8 Å². The number of nitrogens with zero attached hydrogens (tertiary/aromatic N) is 2. The van der Waals surface area contributed by atoms with Gasteiger partial charge in [0.05, 0.1) is 11.9 Å². The van der Waals surface area contributed by atoms with Gasteiger partial charge in [0, 0.05) is 11.1 Å². The average Bonchev–Trinajstić information content (AvgIpc) is 2.66. The Bertz CT molecular complexity index is 995. The zero-order valence-electron chi connectivity index (χ0n) is 18.2. The molecule has 2 rings (SSSR count). The molecule has 0 radical (unpaired) electrons. The molecular formula is C22H29N3O4S. The Morgan fingerprint density at radius 2 is 1.57 bits per heavy atom. The van der Waals surface area contributed by atoms with Crippen molar-refractivity contribution in [3.8, 4) is 11.5 Å². The lowest BCUT2D eigenvalue weighted by Gasteiger charge is -2.28. The van der Waals surface area contributed by atoms with E-state index in [9.17, 15) is 13.2 Å². The van der Waals surface area contributed by atoms with E-state index in [1.807, 2.05) is 58.0 Å². The molecule has 0 aliphatic rings. The normalized spacial score (nSPS) is 13.5. The first-order chi connectivity index (χ1) is 13.9. The molecule has 8 heteroatoms. The predicted molar refractivity (Wildman–Crippen MR) is 120 cm³/mol. The van der Waals surface area contributed by atoms with E-state index in [-0.39, 0.29) is 5.41 Å². The number of para-hydroxylation sites is 1. The maximum Gasteiger partial charge on any atom is 0.263 e. The topological polar surface area (TPSA) is 88.1 Å². The van der Waals surface area contributed by atoms with Crippen LogP contribution in [0.15, 0.2) is 59.7 Å². The molecular weight excluding hydrogens is 402 g/mol. The van der Waals surface area contributed by atoms with Crippen LogP contribution in [0.3, 0.4) is 0 Å². The molecule has 0 aliphatic heterocycles. The van der Waals surface area contributed by atoms with Gasteiger partial charge in [-0.3, -0.25) is 9.10 Å². The van der Waals surface area contributed by atoms with Crippen molar-refractivity contribution in [3.63, 3.8) is 0 Å². The summed E-state index contributed by atoms with van der Waals surface area (Å²) >= 11 is 0. The first kappa shape index (κ1) is 23.4. The molecule has 2 aromatic rings. The number of ether oxygens (including phenoxy) is 1. The van der Waals surface area contributed by atoms with Gasteiger partial charge in [0.25, 0.3) is 5.91 Å². The number of hydrazone groups is 1. The minimum atomic E-state index is -3.72. The van der Waals surface area contributed by atoms with E-state index < -0.39 is 22.0 Å². The number of hydrogen-bond acceptors (Lipinski definition) is 5. The van der Waals surface area contributed by atoms with Crippen LogP contribution in [0, 0.1) is 5.41 Å². The summed E-state index contributed by atoms with van der Waals surface area (Å²) in [5.74, 6) is 0.708. The lowest BCUT2D eigenvalue weighted by Crippen LogP contribution is -2.47. The number of rotatable bonds is 7. The Morgan fingerprint density at radius 3 is 2.07 bits per heavy atom. The lowest BCUT2D eigenvalue weighted by molar-refractivity contribution is -0.121. The third-order valence-corrected chi connectivity index (χ3v) is 5.82. The van der Waals surface area contributed by atoms with Crippen molar-refractivity contribution in [3.05, 3.63) is 54.6 Å². The minimum absolute atomic E-state index is 0.207. The zero-order valence-corrected chi connectivity index (χ0v) is 19.0. The molecule has 1 N–H and O–H groups in total. The molecule has 0 heterocycles. The Hall–Kier alpha value is -2.87. The Morgan fingerprint density at radius 1 is 1.03 bits per heavy atom. The molecule has 7 nitrogen and oxygen atoms in total. The van der Waals surface area contributed by atoms with Gasteiger partial charge < -0.3 is 4.74 Å². The van der Waals surface area contributed by atoms with E-state index in [1.165, 1.54) is 6.92 Å². The summed E-state index contributed by atoms with van der Waals surface area (Å²) in [4.78, 5) is 12.6. The summed E-state index contributed by atoms with van der Waals surface area (Å²) in [5, 5.41) is 4.11. The second-order valence-electron chi connectivity index (χ2n) is 8.07. The first-order valence-electron chi connectivity index (χ1n) is 9.56. The summed E-state index contributed by atoms with van der Waals surface area (Å²) in [7, 11) is -3.72.